The van der Waals surface area contributed by atoms with Gasteiger partial charge in [0.05, 0.1) is 17.2 Å². The molecule has 12 heteroatoms. The van der Waals surface area contributed by atoms with E-state index < -0.39 is 45.5 Å². The van der Waals surface area contributed by atoms with Crippen molar-refractivity contribution in [3.63, 3.8) is 0 Å². The van der Waals surface area contributed by atoms with Crippen LogP contribution in [0, 0.1) is 0 Å². The van der Waals surface area contributed by atoms with Gasteiger partial charge in [0, 0.05) is 0 Å². The molecule has 0 spiro atoms. The van der Waals surface area contributed by atoms with Gasteiger partial charge in [-0.3, -0.25) is 4.18 Å². The predicted octanol–water partition coefficient (Wildman–Crippen LogP) is 0.266. The molecule has 0 unspecified atom stereocenters. The van der Waals surface area contributed by atoms with Crippen LogP contribution in [0.25, 0.3) is 0 Å². The van der Waals surface area contributed by atoms with Crippen molar-refractivity contribution in [3.8, 4) is 0 Å². The largest absolute Gasteiger partial charge is 1.00 e. The number of halogens is 6. The molecule has 0 N–H and O–H groups in total. The van der Waals surface area contributed by atoms with Crippen molar-refractivity contribution in [2.75, 3.05) is 0 Å². The summed E-state index contributed by atoms with van der Waals surface area (Å²) in [7, 11) is -5.28. The SMILES string of the molecule is C[C@H](OS(=O)(=O)[O-])c1cc(C(F)(F)F)cc(C(F)(F)F)c1.[Na+]. The van der Waals surface area contributed by atoms with E-state index in [0.29, 0.717) is 0 Å². The van der Waals surface area contributed by atoms with Gasteiger partial charge in [-0.25, -0.2) is 8.42 Å². The fourth-order valence-corrected chi connectivity index (χ4v) is 1.91. The van der Waals surface area contributed by atoms with Gasteiger partial charge in [-0.1, -0.05) is 0 Å². The number of hydrogen-bond acceptors (Lipinski definition) is 4. The van der Waals surface area contributed by atoms with E-state index >= 15 is 0 Å². The van der Waals surface area contributed by atoms with Crippen molar-refractivity contribution >= 4 is 10.4 Å². The Kier molecular flexibility index (Phi) is 6.95. The summed E-state index contributed by atoms with van der Waals surface area (Å²) < 4.78 is 110. The average molecular weight is 360 g/mol. The van der Waals surface area contributed by atoms with E-state index in [-0.39, 0.29) is 47.8 Å². The maximum atomic E-state index is 12.5. The van der Waals surface area contributed by atoms with E-state index in [2.05, 4.69) is 4.18 Å². The van der Waals surface area contributed by atoms with Crippen molar-refractivity contribution in [1.29, 1.82) is 0 Å². The summed E-state index contributed by atoms with van der Waals surface area (Å²) in [6.07, 6.45) is -12.0. The van der Waals surface area contributed by atoms with Crippen molar-refractivity contribution in [3.05, 3.63) is 34.9 Å². The van der Waals surface area contributed by atoms with E-state index in [1.807, 2.05) is 0 Å². The molecular weight excluding hydrogens is 353 g/mol. The normalized spacial score (nSPS) is 14.4. The minimum absolute atomic E-state index is 0. The molecule has 4 nitrogen and oxygen atoms in total. The van der Waals surface area contributed by atoms with Crippen LogP contribution >= 0.6 is 0 Å². The molecule has 1 aromatic rings. The van der Waals surface area contributed by atoms with Crippen LogP contribution in [0.1, 0.15) is 29.7 Å². The molecular formula is C10H7F6NaO4S. The molecule has 0 heterocycles. The molecule has 1 rings (SSSR count). The van der Waals surface area contributed by atoms with Crippen LogP contribution < -0.4 is 29.6 Å². The zero-order chi connectivity index (χ0) is 16.6. The number of rotatable bonds is 3. The fraction of sp³-hybridized carbons (Fsp3) is 0.400. The summed E-state index contributed by atoms with van der Waals surface area (Å²) in [5.74, 6) is 0. The Morgan fingerprint density at radius 3 is 1.64 bits per heavy atom. The molecule has 0 aliphatic rings. The van der Waals surface area contributed by atoms with E-state index in [1.165, 1.54) is 0 Å². The summed E-state index contributed by atoms with van der Waals surface area (Å²) in [5.41, 5.74) is -4.01. The standard InChI is InChI=1S/C10H8F6O4S.Na/c1-5(20-21(17,18)19)6-2-7(9(11,12)13)4-8(3-6)10(14,15)16;/h2-5H,1H3,(H,17,18,19);/q;+1/p-1/t5-;/m0./s1. The van der Waals surface area contributed by atoms with E-state index in [0.717, 1.165) is 6.92 Å². The van der Waals surface area contributed by atoms with Crippen LogP contribution in [0.15, 0.2) is 18.2 Å². The van der Waals surface area contributed by atoms with Gasteiger partial charge in [-0.2, -0.15) is 26.3 Å². The van der Waals surface area contributed by atoms with Crippen molar-refractivity contribution in [2.24, 2.45) is 0 Å². The van der Waals surface area contributed by atoms with Crippen molar-refractivity contribution < 1.29 is 73.1 Å². The zero-order valence-electron chi connectivity index (χ0n) is 11.1. The first-order valence-corrected chi connectivity index (χ1v) is 6.47. The Morgan fingerprint density at radius 1 is 1.00 bits per heavy atom. The molecule has 0 fully saturated rings. The van der Waals surface area contributed by atoms with E-state index in [9.17, 15) is 39.3 Å². The van der Waals surface area contributed by atoms with Crippen LogP contribution in [0.2, 0.25) is 0 Å². The summed E-state index contributed by atoms with van der Waals surface area (Å²) in [6.45, 7) is 0.838. The topological polar surface area (TPSA) is 66.4 Å². The summed E-state index contributed by atoms with van der Waals surface area (Å²) in [4.78, 5) is 0. The van der Waals surface area contributed by atoms with E-state index in [1.54, 1.807) is 0 Å². The maximum Gasteiger partial charge on any atom is 1.00 e. The molecule has 0 radical (unpaired) electrons. The first kappa shape index (κ1) is 21.7. The zero-order valence-corrected chi connectivity index (χ0v) is 13.9. The third-order valence-corrected chi connectivity index (χ3v) is 2.87. The van der Waals surface area contributed by atoms with Gasteiger partial charge in [0.15, 0.2) is 0 Å². The molecule has 120 valence electrons. The van der Waals surface area contributed by atoms with Gasteiger partial charge < -0.3 is 4.55 Å². The van der Waals surface area contributed by atoms with Crippen LogP contribution in [0.4, 0.5) is 26.3 Å². The smallest absolute Gasteiger partial charge is 0.726 e. The predicted molar refractivity (Wildman–Crippen MR) is 55.6 cm³/mol. The molecule has 0 aliphatic carbocycles. The second-order valence-electron chi connectivity index (χ2n) is 3.99. The molecule has 0 aliphatic heterocycles. The van der Waals surface area contributed by atoms with Crippen molar-refractivity contribution in [1.82, 2.24) is 0 Å². The van der Waals surface area contributed by atoms with Gasteiger partial charge in [0.25, 0.3) is 0 Å². The van der Waals surface area contributed by atoms with E-state index in [4.69, 9.17) is 0 Å². The quantitative estimate of drug-likeness (QED) is 0.336. The number of benzene rings is 1. The third kappa shape index (κ3) is 6.42. The Balaban J connectivity index is 0.00000441. The second-order valence-corrected chi connectivity index (χ2v) is 4.99. The maximum absolute atomic E-state index is 12.5. The number of alkyl halides is 6. The Hall–Kier alpha value is -0.330. The monoisotopic (exact) mass is 360 g/mol. The second kappa shape index (κ2) is 7.05. The van der Waals surface area contributed by atoms with Gasteiger partial charge in [-0.05, 0) is 30.7 Å². The average Bonchev–Trinajstić information content (AvgIpc) is 2.23. The summed E-state index contributed by atoms with van der Waals surface area (Å²) in [5, 5.41) is 0. The Labute approximate surface area is 143 Å². The molecule has 0 saturated carbocycles. The molecule has 1 aromatic carbocycles. The third-order valence-electron chi connectivity index (χ3n) is 2.34. The first-order chi connectivity index (χ1) is 9.20. The summed E-state index contributed by atoms with van der Waals surface area (Å²) in [6, 6.07) is 0.443. The van der Waals surface area contributed by atoms with Crippen LogP contribution in [-0.2, 0) is 26.9 Å². The van der Waals surface area contributed by atoms with Crippen molar-refractivity contribution in [2.45, 2.75) is 25.4 Å². The fourth-order valence-electron chi connectivity index (χ4n) is 1.45. The van der Waals surface area contributed by atoms with Gasteiger partial charge in [0.1, 0.15) is 0 Å². The number of hydrogen-bond donors (Lipinski definition) is 0. The molecule has 0 saturated heterocycles. The minimum Gasteiger partial charge on any atom is -0.726 e. The minimum atomic E-state index is -5.28. The Bertz CT molecular complexity index is 593. The molecule has 0 bridgehead atoms. The van der Waals surface area contributed by atoms with Gasteiger partial charge >= 0.3 is 41.9 Å². The van der Waals surface area contributed by atoms with Crippen LogP contribution in [-0.4, -0.2) is 13.0 Å². The van der Waals surface area contributed by atoms with Crippen LogP contribution in [0.3, 0.4) is 0 Å². The molecule has 22 heavy (non-hydrogen) atoms. The van der Waals surface area contributed by atoms with Gasteiger partial charge in [0.2, 0.25) is 10.4 Å². The summed E-state index contributed by atoms with van der Waals surface area (Å²) >= 11 is 0. The molecule has 0 amide bonds. The van der Waals surface area contributed by atoms with Crippen LogP contribution in [0.5, 0.6) is 0 Å². The molecule has 1 atom stereocenters. The molecule has 0 aromatic heterocycles. The first-order valence-electron chi connectivity index (χ1n) is 5.13. The van der Waals surface area contributed by atoms with Gasteiger partial charge in [-0.15, -0.1) is 0 Å². The Morgan fingerprint density at radius 2 is 1.36 bits per heavy atom.